The minimum absolute atomic E-state index is 0.107. The summed E-state index contributed by atoms with van der Waals surface area (Å²) in [7, 11) is 0. The average Bonchev–Trinajstić information content (AvgIpc) is 3.39. The third kappa shape index (κ3) is 4.13. The molecule has 0 bridgehead atoms. The second-order valence-electron chi connectivity index (χ2n) is 8.91. The predicted octanol–water partition coefficient (Wildman–Crippen LogP) is 5.95. The molecule has 1 saturated carbocycles. The van der Waals surface area contributed by atoms with E-state index in [0.29, 0.717) is 33.8 Å². The highest BCUT2D eigenvalue weighted by molar-refractivity contribution is 8.01. The van der Waals surface area contributed by atoms with Crippen molar-refractivity contribution in [3.05, 3.63) is 44.0 Å². The number of nitrogens with zero attached hydrogens (tertiary/aromatic N) is 4. The van der Waals surface area contributed by atoms with E-state index in [1.165, 1.54) is 48.3 Å². The van der Waals surface area contributed by atoms with Crippen LogP contribution in [0.5, 0.6) is 0 Å². The molecule has 0 spiro atoms. The molecule has 1 aliphatic heterocycles. The fraction of sp³-hybridized carbons (Fsp3) is 0.500. The zero-order chi connectivity index (χ0) is 23.1. The van der Waals surface area contributed by atoms with Crippen molar-refractivity contribution in [1.82, 2.24) is 10.2 Å². The molecule has 3 heterocycles. The molecule has 2 aliphatic carbocycles. The Morgan fingerprint density at radius 1 is 1.15 bits per heavy atom. The van der Waals surface area contributed by atoms with Crippen LogP contribution in [-0.2, 0) is 4.79 Å². The van der Waals surface area contributed by atoms with Gasteiger partial charge in [-0.1, -0.05) is 42.4 Å². The molecule has 3 aliphatic rings. The number of ketones is 1. The van der Waals surface area contributed by atoms with Gasteiger partial charge in [0.2, 0.25) is 5.13 Å². The van der Waals surface area contributed by atoms with Gasteiger partial charge in [0.1, 0.15) is 5.82 Å². The summed E-state index contributed by atoms with van der Waals surface area (Å²) in [6.07, 6.45) is 8.33. The molecule has 6 nitrogen and oxygen atoms in total. The van der Waals surface area contributed by atoms with Crippen LogP contribution < -0.4 is 10.6 Å². The maximum Gasteiger partial charge on any atom is 0.219 e. The monoisotopic (exact) mass is 497 g/mol. The molecular weight excluding hydrogens is 470 g/mol. The van der Waals surface area contributed by atoms with E-state index in [1.807, 2.05) is 4.90 Å². The maximum absolute atomic E-state index is 13.3. The van der Waals surface area contributed by atoms with Gasteiger partial charge >= 0.3 is 0 Å². The van der Waals surface area contributed by atoms with Crippen LogP contribution in [0.4, 0.5) is 5.13 Å². The summed E-state index contributed by atoms with van der Waals surface area (Å²) in [5, 5.41) is 20.3. The summed E-state index contributed by atoms with van der Waals surface area (Å²) >= 11 is 5.01. The van der Waals surface area contributed by atoms with Gasteiger partial charge in [-0.25, -0.2) is 0 Å². The van der Waals surface area contributed by atoms with E-state index in [4.69, 9.17) is 5.73 Å². The Bertz CT molecular complexity index is 1200. The van der Waals surface area contributed by atoms with Gasteiger partial charge < -0.3 is 5.73 Å². The number of nitrogens with two attached hydrogens (primary N) is 1. The number of Topliss-reactive ketones (excluding diaryl/α,β-unsaturated/α-hetero) is 1. The van der Waals surface area contributed by atoms with Crippen LogP contribution in [0.1, 0.15) is 72.6 Å². The molecule has 172 valence electrons. The lowest BCUT2D eigenvalue weighted by Crippen LogP contribution is -2.38. The summed E-state index contributed by atoms with van der Waals surface area (Å²) in [4.78, 5) is 17.4. The van der Waals surface area contributed by atoms with E-state index in [1.54, 1.807) is 23.1 Å². The minimum Gasteiger partial charge on any atom is -0.384 e. The van der Waals surface area contributed by atoms with E-state index in [9.17, 15) is 10.1 Å². The Morgan fingerprint density at radius 3 is 2.64 bits per heavy atom. The Kier molecular flexibility index (Phi) is 6.34. The number of anilines is 1. The first-order valence-corrected chi connectivity index (χ1v) is 14.0. The first kappa shape index (κ1) is 22.6. The second-order valence-corrected chi connectivity index (χ2v) is 12.9. The Morgan fingerprint density at radius 2 is 1.94 bits per heavy atom. The van der Waals surface area contributed by atoms with E-state index >= 15 is 0 Å². The van der Waals surface area contributed by atoms with Gasteiger partial charge in [0.15, 0.2) is 10.1 Å². The van der Waals surface area contributed by atoms with Crippen LogP contribution in [0.25, 0.3) is 0 Å². The third-order valence-electron chi connectivity index (χ3n) is 6.71. The predicted molar refractivity (Wildman–Crippen MR) is 134 cm³/mol. The van der Waals surface area contributed by atoms with Gasteiger partial charge in [-0.15, -0.1) is 21.5 Å². The first-order chi connectivity index (χ1) is 16.0. The highest BCUT2D eigenvalue weighted by Crippen LogP contribution is 2.49. The van der Waals surface area contributed by atoms with Gasteiger partial charge in [0.05, 0.1) is 17.6 Å². The maximum atomic E-state index is 13.3. The third-order valence-corrected chi connectivity index (χ3v) is 10.0. The van der Waals surface area contributed by atoms with Gasteiger partial charge in [-0.05, 0) is 51.2 Å². The molecule has 2 aromatic rings. The molecule has 9 heteroatoms. The molecule has 0 saturated heterocycles. The molecule has 1 atom stereocenters. The number of allylic oxidation sites excluding steroid dienone is 3. The molecule has 2 aromatic heterocycles. The summed E-state index contributed by atoms with van der Waals surface area (Å²) in [6, 6.07) is 4.45. The number of aryl methyl sites for hydroxylation is 2. The summed E-state index contributed by atoms with van der Waals surface area (Å²) in [5.41, 5.74) is 9.72. The van der Waals surface area contributed by atoms with Crippen LogP contribution >= 0.6 is 34.4 Å². The molecular formula is C24H27N5OS3. The molecule has 0 amide bonds. The van der Waals surface area contributed by atoms with Crippen LogP contribution in [0, 0.1) is 25.2 Å². The fourth-order valence-corrected chi connectivity index (χ4v) is 8.57. The standard InChI is InChI=1S/C24H27N5OS3/c1-13-11-16(14(2)31-13)20-17(12-25)22(26)29(18-9-6-10-19(30)21(18)20)23-27-28-24(33-23)32-15-7-4-3-5-8-15/h11,15,20H,3-10,26H2,1-2H3. The molecule has 5 rings (SSSR count). The SMILES string of the molecule is Cc1cc(C2C(C#N)=C(N)N(c3nnc(SC4CCCCC4)s3)C3=C2C(=O)CCC3)c(C)s1. The van der Waals surface area contributed by atoms with E-state index in [0.717, 1.165) is 33.3 Å². The van der Waals surface area contributed by atoms with Gasteiger partial charge in [-0.2, -0.15) is 5.26 Å². The lowest BCUT2D eigenvalue weighted by atomic mass is 9.76. The number of carbonyl (C=O) groups excluding carboxylic acids is 1. The van der Waals surface area contributed by atoms with Crippen LogP contribution in [0.3, 0.4) is 0 Å². The quantitative estimate of drug-likeness (QED) is 0.558. The first-order valence-electron chi connectivity index (χ1n) is 11.5. The zero-order valence-electron chi connectivity index (χ0n) is 18.9. The topological polar surface area (TPSA) is 95.9 Å². The van der Waals surface area contributed by atoms with E-state index in [-0.39, 0.29) is 5.78 Å². The normalized spacial score (nSPS) is 22.0. The van der Waals surface area contributed by atoms with E-state index in [2.05, 4.69) is 36.2 Å². The molecule has 1 unspecified atom stereocenters. The number of hydrogen-bond donors (Lipinski definition) is 1. The van der Waals surface area contributed by atoms with Gasteiger partial charge in [0, 0.05) is 32.7 Å². The van der Waals surface area contributed by atoms with E-state index < -0.39 is 5.92 Å². The van der Waals surface area contributed by atoms with Crippen molar-refractivity contribution in [2.24, 2.45) is 5.73 Å². The summed E-state index contributed by atoms with van der Waals surface area (Å²) in [6.45, 7) is 4.11. The highest BCUT2D eigenvalue weighted by atomic mass is 32.2. The fourth-order valence-electron chi connectivity index (χ4n) is 5.22. The average molecular weight is 498 g/mol. The highest BCUT2D eigenvalue weighted by Gasteiger charge is 2.42. The van der Waals surface area contributed by atoms with Gasteiger partial charge in [0.25, 0.3) is 0 Å². The lowest BCUT2D eigenvalue weighted by Gasteiger charge is -2.38. The van der Waals surface area contributed by atoms with Crippen molar-refractivity contribution in [1.29, 1.82) is 5.26 Å². The minimum atomic E-state index is -0.400. The van der Waals surface area contributed by atoms with Crippen LogP contribution in [-0.4, -0.2) is 21.2 Å². The van der Waals surface area contributed by atoms with Crippen molar-refractivity contribution in [2.75, 3.05) is 4.90 Å². The zero-order valence-corrected chi connectivity index (χ0v) is 21.3. The largest absolute Gasteiger partial charge is 0.384 e. The number of aromatic nitrogens is 2. The Labute approximate surface area is 206 Å². The lowest BCUT2D eigenvalue weighted by molar-refractivity contribution is -0.116. The number of thiophene rings is 1. The Balaban J connectivity index is 1.57. The number of thioether (sulfide) groups is 1. The van der Waals surface area contributed by atoms with Crippen LogP contribution in [0.15, 0.2) is 33.1 Å². The number of rotatable bonds is 4. The second kappa shape index (κ2) is 9.24. The molecule has 2 N–H and O–H groups in total. The number of hydrogen-bond acceptors (Lipinski definition) is 9. The number of nitriles is 1. The molecule has 1 fully saturated rings. The molecule has 0 aromatic carbocycles. The summed E-state index contributed by atoms with van der Waals surface area (Å²) < 4.78 is 0.930. The van der Waals surface area contributed by atoms with Crippen molar-refractivity contribution >= 4 is 45.4 Å². The molecule has 33 heavy (non-hydrogen) atoms. The van der Waals surface area contributed by atoms with Crippen LogP contribution in [0.2, 0.25) is 0 Å². The Hall–Kier alpha value is -2.15. The van der Waals surface area contributed by atoms with Crippen molar-refractivity contribution in [3.8, 4) is 6.07 Å². The van der Waals surface area contributed by atoms with Crippen molar-refractivity contribution < 1.29 is 4.79 Å². The molecule has 0 radical (unpaired) electrons. The van der Waals surface area contributed by atoms with Gasteiger partial charge in [-0.3, -0.25) is 9.69 Å². The van der Waals surface area contributed by atoms with Crippen molar-refractivity contribution in [2.45, 2.75) is 80.7 Å². The van der Waals surface area contributed by atoms with Crippen molar-refractivity contribution in [3.63, 3.8) is 0 Å². The summed E-state index contributed by atoms with van der Waals surface area (Å²) in [5.74, 6) is 0.0867. The number of carbonyl (C=O) groups is 1. The smallest absolute Gasteiger partial charge is 0.219 e.